The monoisotopic (exact) mass is 275 g/mol. The Morgan fingerprint density at radius 3 is 3.00 bits per heavy atom. The Bertz CT molecular complexity index is 326. The first-order valence-electron chi connectivity index (χ1n) is 4.54. The van der Waals surface area contributed by atoms with Gasteiger partial charge in [0.25, 0.3) is 0 Å². The average Bonchev–Trinajstić information content (AvgIpc) is 2.19. The predicted octanol–water partition coefficient (Wildman–Crippen LogP) is 2.76. The van der Waals surface area contributed by atoms with Crippen LogP contribution in [0.2, 0.25) is 5.02 Å². The van der Waals surface area contributed by atoms with Crippen LogP contribution in [0.4, 0.5) is 0 Å². The fourth-order valence-corrected chi connectivity index (χ4v) is 2.32. The Morgan fingerprint density at radius 1 is 1.50 bits per heavy atom. The highest BCUT2D eigenvalue weighted by Crippen LogP contribution is 2.28. The Balaban J connectivity index is 2.22. The molecule has 0 radical (unpaired) electrons. The maximum atomic E-state index is 6.13. The summed E-state index contributed by atoms with van der Waals surface area (Å²) < 4.78 is 6.62. The molecule has 1 aliphatic heterocycles. The molecule has 1 heterocycles. The molecule has 1 saturated heterocycles. The van der Waals surface area contributed by atoms with E-state index in [1.165, 1.54) is 0 Å². The number of rotatable bonds is 1. The summed E-state index contributed by atoms with van der Waals surface area (Å²) in [5.41, 5.74) is 1.06. The second-order valence-corrected chi connectivity index (χ2v) is 4.55. The van der Waals surface area contributed by atoms with E-state index in [1.807, 2.05) is 18.2 Å². The molecular weight excluding hydrogens is 265 g/mol. The van der Waals surface area contributed by atoms with E-state index in [2.05, 4.69) is 21.2 Å². The van der Waals surface area contributed by atoms with Crippen molar-refractivity contribution in [3.63, 3.8) is 0 Å². The van der Waals surface area contributed by atoms with E-state index in [9.17, 15) is 0 Å². The van der Waals surface area contributed by atoms with E-state index in [0.717, 1.165) is 34.8 Å². The van der Waals surface area contributed by atoms with E-state index in [-0.39, 0.29) is 6.10 Å². The summed E-state index contributed by atoms with van der Waals surface area (Å²) in [5.74, 6) is 0. The van der Waals surface area contributed by atoms with Crippen LogP contribution in [0.5, 0.6) is 0 Å². The molecule has 1 fully saturated rings. The minimum Gasteiger partial charge on any atom is -0.371 e. The van der Waals surface area contributed by atoms with Gasteiger partial charge >= 0.3 is 0 Å². The molecule has 76 valence electrons. The first-order chi connectivity index (χ1) is 6.77. The van der Waals surface area contributed by atoms with Crippen molar-refractivity contribution >= 4 is 27.5 Å². The lowest BCUT2D eigenvalue weighted by atomic mass is 10.1. The van der Waals surface area contributed by atoms with E-state index in [0.29, 0.717) is 0 Å². The molecule has 0 amide bonds. The quantitative estimate of drug-likeness (QED) is 0.852. The second-order valence-electron chi connectivity index (χ2n) is 3.23. The van der Waals surface area contributed by atoms with Crippen molar-refractivity contribution in [3.8, 4) is 0 Å². The van der Waals surface area contributed by atoms with Gasteiger partial charge in [-0.05, 0) is 12.1 Å². The number of benzene rings is 1. The van der Waals surface area contributed by atoms with Crippen LogP contribution < -0.4 is 5.32 Å². The zero-order valence-electron chi connectivity index (χ0n) is 7.59. The third-order valence-corrected chi connectivity index (χ3v) is 3.06. The van der Waals surface area contributed by atoms with Gasteiger partial charge in [0.1, 0.15) is 0 Å². The molecular formula is C10H11BrClNO. The maximum absolute atomic E-state index is 6.13. The van der Waals surface area contributed by atoms with Gasteiger partial charge in [-0.2, -0.15) is 0 Å². The van der Waals surface area contributed by atoms with Crippen molar-refractivity contribution in [2.45, 2.75) is 6.10 Å². The first-order valence-corrected chi connectivity index (χ1v) is 5.72. The van der Waals surface area contributed by atoms with Crippen LogP contribution >= 0.6 is 27.5 Å². The summed E-state index contributed by atoms with van der Waals surface area (Å²) in [7, 11) is 0. The molecule has 2 rings (SSSR count). The summed E-state index contributed by atoms with van der Waals surface area (Å²) in [6.45, 7) is 2.50. The fourth-order valence-electron chi connectivity index (χ4n) is 1.53. The molecule has 0 saturated carbocycles. The third-order valence-electron chi connectivity index (χ3n) is 2.24. The van der Waals surface area contributed by atoms with E-state index in [4.69, 9.17) is 16.3 Å². The van der Waals surface area contributed by atoms with Crippen LogP contribution in [-0.2, 0) is 4.74 Å². The fraction of sp³-hybridized carbons (Fsp3) is 0.400. The number of ether oxygens (including phenoxy) is 1. The molecule has 2 nitrogen and oxygen atoms in total. The first kappa shape index (κ1) is 10.4. The lowest BCUT2D eigenvalue weighted by Crippen LogP contribution is -2.33. The zero-order valence-corrected chi connectivity index (χ0v) is 9.94. The van der Waals surface area contributed by atoms with Crippen LogP contribution in [-0.4, -0.2) is 19.7 Å². The van der Waals surface area contributed by atoms with Gasteiger partial charge in [-0.25, -0.2) is 0 Å². The van der Waals surface area contributed by atoms with Crippen molar-refractivity contribution in [2.75, 3.05) is 19.7 Å². The average molecular weight is 277 g/mol. The van der Waals surface area contributed by atoms with Gasteiger partial charge in [0.05, 0.1) is 12.7 Å². The second kappa shape index (κ2) is 4.62. The lowest BCUT2D eigenvalue weighted by Gasteiger charge is -2.24. The van der Waals surface area contributed by atoms with Gasteiger partial charge < -0.3 is 10.1 Å². The highest BCUT2D eigenvalue weighted by Gasteiger charge is 2.17. The summed E-state index contributed by atoms with van der Waals surface area (Å²) in [6, 6.07) is 5.89. The Morgan fingerprint density at radius 2 is 2.36 bits per heavy atom. The van der Waals surface area contributed by atoms with Gasteiger partial charge in [-0.1, -0.05) is 33.6 Å². The Labute approximate surface area is 96.7 Å². The minimum atomic E-state index is 0.0874. The highest BCUT2D eigenvalue weighted by atomic mass is 79.9. The highest BCUT2D eigenvalue weighted by molar-refractivity contribution is 9.10. The van der Waals surface area contributed by atoms with Crippen molar-refractivity contribution in [3.05, 3.63) is 33.3 Å². The molecule has 14 heavy (non-hydrogen) atoms. The molecule has 1 aromatic carbocycles. The maximum Gasteiger partial charge on any atom is 0.0964 e. The van der Waals surface area contributed by atoms with Gasteiger partial charge in [0.2, 0.25) is 0 Å². The molecule has 1 aromatic rings. The molecule has 0 aliphatic carbocycles. The molecule has 1 N–H and O–H groups in total. The van der Waals surface area contributed by atoms with Crippen molar-refractivity contribution in [2.24, 2.45) is 0 Å². The van der Waals surface area contributed by atoms with Crippen molar-refractivity contribution < 1.29 is 4.74 Å². The molecule has 0 bridgehead atoms. The summed E-state index contributed by atoms with van der Waals surface area (Å²) >= 11 is 9.50. The van der Waals surface area contributed by atoms with Crippen LogP contribution in [0.15, 0.2) is 22.7 Å². The van der Waals surface area contributed by atoms with Gasteiger partial charge in [-0.3, -0.25) is 0 Å². The van der Waals surface area contributed by atoms with Crippen LogP contribution in [0.1, 0.15) is 11.7 Å². The third kappa shape index (κ3) is 2.28. The number of halogens is 2. The topological polar surface area (TPSA) is 21.3 Å². The van der Waals surface area contributed by atoms with Crippen LogP contribution in [0.3, 0.4) is 0 Å². The molecule has 0 spiro atoms. The van der Waals surface area contributed by atoms with Gasteiger partial charge in [0, 0.05) is 28.1 Å². The molecule has 4 heteroatoms. The van der Waals surface area contributed by atoms with E-state index in [1.54, 1.807) is 0 Å². The normalized spacial score (nSPS) is 22.3. The standard InChI is InChI=1S/C10H11BrClNO/c11-7-1-2-8(9(12)5-7)10-6-13-3-4-14-10/h1-2,5,10,13H,3-4,6H2. The molecule has 1 aliphatic rings. The zero-order chi connectivity index (χ0) is 9.97. The van der Waals surface area contributed by atoms with E-state index >= 15 is 0 Å². The summed E-state index contributed by atoms with van der Waals surface area (Å²) in [4.78, 5) is 0. The predicted molar refractivity (Wildman–Crippen MR) is 60.7 cm³/mol. The number of morpholine rings is 1. The van der Waals surface area contributed by atoms with E-state index < -0.39 is 0 Å². The van der Waals surface area contributed by atoms with Crippen LogP contribution in [0, 0.1) is 0 Å². The summed E-state index contributed by atoms with van der Waals surface area (Å²) in [5, 5.41) is 4.04. The van der Waals surface area contributed by atoms with Gasteiger partial charge in [0.15, 0.2) is 0 Å². The lowest BCUT2D eigenvalue weighted by molar-refractivity contribution is 0.0277. The number of hydrogen-bond acceptors (Lipinski definition) is 2. The van der Waals surface area contributed by atoms with Crippen LogP contribution in [0.25, 0.3) is 0 Å². The Hall–Kier alpha value is -0.0900. The van der Waals surface area contributed by atoms with Gasteiger partial charge in [-0.15, -0.1) is 0 Å². The van der Waals surface area contributed by atoms with Crippen molar-refractivity contribution in [1.82, 2.24) is 5.32 Å². The molecule has 0 aromatic heterocycles. The summed E-state index contributed by atoms with van der Waals surface area (Å²) in [6.07, 6.45) is 0.0874. The number of nitrogens with one attached hydrogen (secondary N) is 1. The molecule has 1 atom stereocenters. The van der Waals surface area contributed by atoms with Crippen molar-refractivity contribution in [1.29, 1.82) is 0 Å². The largest absolute Gasteiger partial charge is 0.371 e. The Kier molecular flexibility index (Phi) is 3.44. The minimum absolute atomic E-state index is 0.0874. The number of hydrogen-bond donors (Lipinski definition) is 1. The molecule has 1 unspecified atom stereocenters. The SMILES string of the molecule is Clc1cc(Br)ccc1C1CNCCO1. The smallest absolute Gasteiger partial charge is 0.0964 e.